The summed E-state index contributed by atoms with van der Waals surface area (Å²) in [7, 11) is 0. The largest absolute Gasteiger partial charge is 0.481 e. The van der Waals surface area contributed by atoms with Crippen LogP contribution in [0.5, 0.6) is 0 Å². The van der Waals surface area contributed by atoms with Crippen molar-refractivity contribution in [3.8, 4) is 0 Å². The molecule has 0 aliphatic carbocycles. The second-order valence-electron chi connectivity index (χ2n) is 9.28. The number of imidazole rings is 1. The number of carbonyl (C=O) groups is 5. The number of amides is 3. The van der Waals surface area contributed by atoms with Crippen molar-refractivity contribution < 1.29 is 34.2 Å². The van der Waals surface area contributed by atoms with Gasteiger partial charge in [-0.1, -0.05) is 34.1 Å². The summed E-state index contributed by atoms with van der Waals surface area (Å²) < 4.78 is 0. The van der Waals surface area contributed by atoms with E-state index in [0.29, 0.717) is 12.1 Å². The third kappa shape index (κ3) is 10.4. The highest BCUT2D eigenvalue weighted by Crippen LogP contribution is 2.12. The van der Waals surface area contributed by atoms with Crippen LogP contribution in [0.1, 0.15) is 59.1 Å². The molecule has 0 saturated carbocycles. The number of rotatable bonds is 16. The van der Waals surface area contributed by atoms with Crippen LogP contribution in [0.2, 0.25) is 0 Å². The topological polar surface area (TPSA) is 217 Å². The molecule has 0 spiro atoms. The van der Waals surface area contributed by atoms with Crippen molar-refractivity contribution in [2.75, 3.05) is 0 Å². The summed E-state index contributed by atoms with van der Waals surface area (Å²) in [6, 6.07) is -4.54. The van der Waals surface area contributed by atoms with Crippen molar-refractivity contribution in [3.63, 3.8) is 0 Å². The Morgan fingerprint density at radius 3 is 2.14 bits per heavy atom. The van der Waals surface area contributed by atoms with Crippen LogP contribution in [0.4, 0.5) is 0 Å². The van der Waals surface area contributed by atoms with E-state index in [1.165, 1.54) is 12.5 Å². The van der Waals surface area contributed by atoms with Gasteiger partial charge in [0.05, 0.1) is 12.4 Å². The van der Waals surface area contributed by atoms with E-state index in [1.54, 1.807) is 13.8 Å². The molecule has 0 saturated heterocycles. The van der Waals surface area contributed by atoms with Crippen LogP contribution in [-0.4, -0.2) is 74.0 Å². The van der Waals surface area contributed by atoms with Crippen molar-refractivity contribution in [1.82, 2.24) is 25.9 Å². The molecule has 8 N–H and O–H groups in total. The normalized spacial score (nSPS) is 15.3. The third-order valence-corrected chi connectivity index (χ3v) is 5.73. The van der Waals surface area contributed by atoms with E-state index >= 15 is 0 Å². The number of nitrogens with two attached hydrogens (primary N) is 1. The van der Waals surface area contributed by atoms with Gasteiger partial charge in [0.25, 0.3) is 0 Å². The summed E-state index contributed by atoms with van der Waals surface area (Å²) in [5.74, 6) is -4.85. The average Bonchev–Trinajstić information content (AvgIpc) is 3.31. The van der Waals surface area contributed by atoms with Gasteiger partial charge in [-0.05, 0) is 24.7 Å². The molecule has 13 nitrogen and oxygen atoms in total. The maximum Gasteiger partial charge on any atom is 0.326 e. The number of hydrogen-bond acceptors (Lipinski definition) is 7. The number of hydrogen-bond donors (Lipinski definition) is 7. The first-order valence-electron chi connectivity index (χ1n) is 11.9. The van der Waals surface area contributed by atoms with Gasteiger partial charge in [-0.15, -0.1) is 0 Å². The fourth-order valence-corrected chi connectivity index (χ4v) is 3.45. The first-order valence-corrected chi connectivity index (χ1v) is 11.9. The summed E-state index contributed by atoms with van der Waals surface area (Å²) in [6.07, 6.45) is 3.09. The molecule has 0 radical (unpaired) electrons. The van der Waals surface area contributed by atoms with Gasteiger partial charge in [0, 0.05) is 24.7 Å². The number of carboxylic acid groups (broad SMARTS) is 2. The first-order chi connectivity index (χ1) is 16.8. The van der Waals surface area contributed by atoms with Crippen molar-refractivity contribution >= 4 is 29.7 Å². The number of aromatic nitrogens is 2. The number of carbonyl (C=O) groups excluding carboxylic acids is 3. The van der Waals surface area contributed by atoms with Crippen molar-refractivity contribution in [3.05, 3.63) is 18.2 Å². The Labute approximate surface area is 210 Å². The lowest BCUT2D eigenvalue weighted by atomic mass is 9.96. The predicted molar refractivity (Wildman–Crippen MR) is 129 cm³/mol. The summed E-state index contributed by atoms with van der Waals surface area (Å²) in [6.45, 7) is 7.16. The fraction of sp³-hybridized carbons (Fsp3) is 0.652. The molecule has 0 aliphatic rings. The van der Waals surface area contributed by atoms with E-state index in [4.69, 9.17) is 10.8 Å². The van der Waals surface area contributed by atoms with Crippen LogP contribution in [-0.2, 0) is 30.4 Å². The van der Waals surface area contributed by atoms with E-state index in [9.17, 15) is 29.1 Å². The van der Waals surface area contributed by atoms with Gasteiger partial charge in [0.2, 0.25) is 17.7 Å². The molecule has 36 heavy (non-hydrogen) atoms. The van der Waals surface area contributed by atoms with Gasteiger partial charge in [-0.2, -0.15) is 0 Å². The van der Waals surface area contributed by atoms with Crippen LogP contribution in [0.25, 0.3) is 0 Å². The Morgan fingerprint density at radius 1 is 1.00 bits per heavy atom. The SMILES string of the molecule is CCC(C)C(NC(=O)C(CCC(=O)O)NC(=O)C(N)Cc1cnc[nH]1)C(=O)NC(CC(C)C)C(=O)O. The van der Waals surface area contributed by atoms with E-state index in [0.717, 1.165) is 0 Å². The summed E-state index contributed by atoms with van der Waals surface area (Å²) in [5.41, 5.74) is 6.53. The molecule has 202 valence electrons. The smallest absolute Gasteiger partial charge is 0.326 e. The Kier molecular flexibility index (Phi) is 12.6. The summed E-state index contributed by atoms with van der Waals surface area (Å²) in [5, 5.41) is 26.1. The van der Waals surface area contributed by atoms with Gasteiger partial charge >= 0.3 is 11.9 Å². The Bertz CT molecular complexity index is 890. The zero-order valence-corrected chi connectivity index (χ0v) is 21.1. The van der Waals surface area contributed by atoms with Gasteiger partial charge in [-0.25, -0.2) is 9.78 Å². The standard InChI is InChI=1S/C23H38N6O7/c1-5-13(4)19(22(34)28-17(23(35)36)8-12(2)3)29-21(33)16(6-7-18(30)31)27-20(32)15(24)9-14-10-25-11-26-14/h10-13,15-17,19H,5-9,24H2,1-4H3,(H,25,26)(H,27,32)(H,28,34)(H,29,33)(H,30,31)(H,35,36). The minimum absolute atomic E-state index is 0.00428. The highest BCUT2D eigenvalue weighted by molar-refractivity contribution is 5.94. The molecule has 1 heterocycles. The summed E-state index contributed by atoms with van der Waals surface area (Å²) in [4.78, 5) is 68.0. The number of carboxylic acids is 2. The molecule has 13 heteroatoms. The Morgan fingerprint density at radius 2 is 1.64 bits per heavy atom. The average molecular weight is 511 g/mol. The first kappa shape index (κ1) is 30.6. The lowest BCUT2D eigenvalue weighted by Crippen LogP contribution is -2.59. The van der Waals surface area contributed by atoms with Gasteiger partial charge in [0.15, 0.2) is 0 Å². The van der Waals surface area contributed by atoms with E-state index in [1.807, 2.05) is 13.8 Å². The Balaban J connectivity index is 3.00. The maximum absolute atomic E-state index is 13.1. The second kappa shape index (κ2) is 14.8. The molecule has 0 fully saturated rings. The van der Waals surface area contributed by atoms with Crippen molar-refractivity contribution in [2.45, 2.75) is 84.0 Å². The van der Waals surface area contributed by atoms with Crippen molar-refractivity contribution in [2.24, 2.45) is 17.6 Å². The minimum atomic E-state index is -1.27. The molecule has 0 bridgehead atoms. The predicted octanol–water partition coefficient (Wildman–Crippen LogP) is -0.224. The van der Waals surface area contributed by atoms with Gasteiger partial charge < -0.3 is 36.9 Å². The minimum Gasteiger partial charge on any atom is -0.481 e. The van der Waals surface area contributed by atoms with Crippen molar-refractivity contribution in [1.29, 1.82) is 0 Å². The quantitative estimate of drug-likeness (QED) is 0.156. The Hall–Kier alpha value is -3.48. The second-order valence-corrected chi connectivity index (χ2v) is 9.28. The number of aliphatic carboxylic acids is 2. The lowest BCUT2D eigenvalue weighted by Gasteiger charge is -2.28. The fourth-order valence-electron chi connectivity index (χ4n) is 3.45. The lowest BCUT2D eigenvalue weighted by molar-refractivity contribution is -0.143. The molecular weight excluding hydrogens is 472 g/mol. The zero-order valence-electron chi connectivity index (χ0n) is 21.1. The molecule has 5 atom stereocenters. The molecular formula is C23H38N6O7. The van der Waals surface area contributed by atoms with Gasteiger partial charge in [-0.3, -0.25) is 19.2 Å². The van der Waals surface area contributed by atoms with Crippen LogP contribution < -0.4 is 21.7 Å². The third-order valence-electron chi connectivity index (χ3n) is 5.73. The molecule has 0 aromatic carbocycles. The summed E-state index contributed by atoms with van der Waals surface area (Å²) >= 11 is 0. The number of aromatic amines is 1. The molecule has 1 aromatic heterocycles. The number of H-pyrrole nitrogens is 1. The van der Waals surface area contributed by atoms with E-state index in [2.05, 4.69) is 25.9 Å². The number of nitrogens with zero attached hydrogens (tertiary/aromatic N) is 1. The van der Waals surface area contributed by atoms with Crippen LogP contribution >= 0.6 is 0 Å². The highest BCUT2D eigenvalue weighted by Gasteiger charge is 2.33. The maximum atomic E-state index is 13.1. The molecule has 1 rings (SSSR count). The molecule has 0 aliphatic heterocycles. The van der Waals surface area contributed by atoms with E-state index < -0.39 is 60.2 Å². The molecule has 5 unspecified atom stereocenters. The van der Waals surface area contributed by atoms with E-state index in [-0.39, 0.29) is 31.1 Å². The van der Waals surface area contributed by atoms with Gasteiger partial charge in [0.1, 0.15) is 18.1 Å². The zero-order chi connectivity index (χ0) is 27.4. The van der Waals surface area contributed by atoms with Crippen LogP contribution in [0.3, 0.4) is 0 Å². The van der Waals surface area contributed by atoms with Crippen LogP contribution in [0, 0.1) is 11.8 Å². The highest BCUT2D eigenvalue weighted by atomic mass is 16.4. The van der Waals surface area contributed by atoms with Crippen LogP contribution in [0.15, 0.2) is 12.5 Å². The number of nitrogens with one attached hydrogen (secondary N) is 4. The molecule has 1 aromatic rings. The monoisotopic (exact) mass is 510 g/mol. The molecule has 3 amide bonds.